The Morgan fingerprint density at radius 2 is 2.27 bits per heavy atom. The van der Waals surface area contributed by atoms with E-state index in [1.165, 1.54) is 7.11 Å². The van der Waals surface area contributed by atoms with Gasteiger partial charge in [0.25, 0.3) is 0 Å². The lowest BCUT2D eigenvalue weighted by molar-refractivity contribution is -0.144. The van der Waals surface area contributed by atoms with Gasteiger partial charge in [-0.3, -0.25) is 4.79 Å². The molecule has 1 atom stereocenters. The first-order valence-corrected chi connectivity index (χ1v) is 5.69. The molecule has 0 saturated carbocycles. The van der Waals surface area contributed by atoms with Gasteiger partial charge in [0.05, 0.1) is 13.0 Å². The van der Waals surface area contributed by atoms with Crippen molar-refractivity contribution in [3.05, 3.63) is 0 Å². The van der Waals surface area contributed by atoms with Gasteiger partial charge in [-0.2, -0.15) is 0 Å². The fourth-order valence-electron chi connectivity index (χ4n) is 2.02. The SMILES string of the molecule is COC(=O)C1CCN(CCCCCO)C1. The number of aliphatic hydroxyl groups is 1. The summed E-state index contributed by atoms with van der Waals surface area (Å²) in [5, 5.41) is 8.63. The normalized spacial score (nSPS) is 21.9. The third kappa shape index (κ3) is 4.18. The van der Waals surface area contributed by atoms with Gasteiger partial charge in [0, 0.05) is 13.2 Å². The average molecular weight is 215 g/mol. The number of hydrogen-bond acceptors (Lipinski definition) is 4. The second-order valence-corrected chi connectivity index (χ2v) is 4.09. The maximum Gasteiger partial charge on any atom is 0.310 e. The Balaban J connectivity index is 2.11. The van der Waals surface area contributed by atoms with Gasteiger partial charge in [-0.25, -0.2) is 0 Å². The highest BCUT2D eigenvalue weighted by molar-refractivity contribution is 5.72. The quantitative estimate of drug-likeness (QED) is 0.522. The summed E-state index contributed by atoms with van der Waals surface area (Å²) in [6.45, 7) is 3.16. The summed E-state index contributed by atoms with van der Waals surface area (Å²) < 4.78 is 4.73. The van der Waals surface area contributed by atoms with Crippen LogP contribution in [0.15, 0.2) is 0 Å². The number of likely N-dealkylation sites (tertiary alicyclic amines) is 1. The molecule has 15 heavy (non-hydrogen) atoms. The Morgan fingerprint density at radius 3 is 2.93 bits per heavy atom. The molecule has 1 N–H and O–H groups in total. The molecule has 1 fully saturated rings. The summed E-state index contributed by atoms with van der Waals surface area (Å²) in [5.41, 5.74) is 0. The molecule has 0 amide bonds. The van der Waals surface area contributed by atoms with Gasteiger partial charge in [0.15, 0.2) is 0 Å². The molecule has 1 saturated heterocycles. The highest BCUT2D eigenvalue weighted by atomic mass is 16.5. The van der Waals surface area contributed by atoms with Gasteiger partial charge < -0.3 is 14.7 Å². The first-order chi connectivity index (χ1) is 7.27. The van der Waals surface area contributed by atoms with Crippen molar-refractivity contribution in [2.75, 3.05) is 33.4 Å². The summed E-state index contributed by atoms with van der Waals surface area (Å²) in [6.07, 6.45) is 3.98. The van der Waals surface area contributed by atoms with E-state index in [0.717, 1.165) is 45.3 Å². The van der Waals surface area contributed by atoms with Gasteiger partial charge in [-0.05, 0) is 38.8 Å². The minimum absolute atomic E-state index is 0.0761. The molecule has 1 unspecified atom stereocenters. The number of methoxy groups -OCH3 is 1. The minimum Gasteiger partial charge on any atom is -0.469 e. The molecule has 0 spiro atoms. The summed E-state index contributed by atoms with van der Waals surface area (Å²) >= 11 is 0. The number of nitrogens with zero attached hydrogens (tertiary/aromatic N) is 1. The van der Waals surface area contributed by atoms with E-state index in [-0.39, 0.29) is 18.5 Å². The van der Waals surface area contributed by atoms with Gasteiger partial charge in [-0.15, -0.1) is 0 Å². The van der Waals surface area contributed by atoms with Crippen molar-refractivity contribution in [3.63, 3.8) is 0 Å². The highest BCUT2D eigenvalue weighted by Crippen LogP contribution is 2.17. The molecular weight excluding hydrogens is 194 g/mol. The zero-order valence-corrected chi connectivity index (χ0v) is 9.45. The van der Waals surface area contributed by atoms with Gasteiger partial charge in [0.1, 0.15) is 0 Å². The minimum atomic E-state index is -0.0761. The van der Waals surface area contributed by atoms with Crippen LogP contribution in [-0.2, 0) is 9.53 Å². The summed E-state index contributed by atoms with van der Waals surface area (Å²) in [5.74, 6) is 0.000648. The van der Waals surface area contributed by atoms with Crippen LogP contribution in [0.2, 0.25) is 0 Å². The molecule has 1 rings (SSSR count). The van der Waals surface area contributed by atoms with Crippen molar-refractivity contribution < 1.29 is 14.6 Å². The topological polar surface area (TPSA) is 49.8 Å². The van der Waals surface area contributed by atoms with Crippen molar-refractivity contribution in [2.45, 2.75) is 25.7 Å². The zero-order chi connectivity index (χ0) is 11.1. The predicted octanol–water partition coefficient (Wildman–Crippen LogP) is 0.644. The molecule has 0 aromatic rings. The molecule has 0 bridgehead atoms. The third-order valence-electron chi connectivity index (χ3n) is 2.94. The summed E-state index contributed by atoms with van der Waals surface area (Å²) in [6, 6.07) is 0. The molecule has 1 heterocycles. The molecular formula is C11H21NO3. The Kier molecular flexibility index (Phi) is 5.65. The van der Waals surface area contributed by atoms with E-state index in [1.807, 2.05) is 0 Å². The maximum atomic E-state index is 11.3. The molecule has 0 aromatic carbocycles. The van der Waals surface area contributed by atoms with Crippen molar-refractivity contribution in [3.8, 4) is 0 Å². The molecule has 0 aliphatic carbocycles. The van der Waals surface area contributed by atoms with Crippen LogP contribution in [0.25, 0.3) is 0 Å². The van der Waals surface area contributed by atoms with Crippen LogP contribution in [0.3, 0.4) is 0 Å². The van der Waals surface area contributed by atoms with E-state index in [9.17, 15) is 4.79 Å². The van der Waals surface area contributed by atoms with Gasteiger partial charge in [0.2, 0.25) is 0 Å². The van der Waals surface area contributed by atoms with Crippen LogP contribution in [-0.4, -0.2) is 49.3 Å². The molecule has 0 radical (unpaired) electrons. The molecule has 1 aliphatic heterocycles. The number of rotatable bonds is 6. The first kappa shape index (κ1) is 12.5. The second kappa shape index (κ2) is 6.80. The number of carbonyl (C=O) groups excluding carboxylic acids is 1. The van der Waals surface area contributed by atoms with Crippen LogP contribution in [0, 0.1) is 5.92 Å². The van der Waals surface area contributed by atoms with E-state index in [1.54, 1.807) is 0 Å². The molecule has 4 heteroatoms. The molecule has 1 aliphatic rings. The van der Waals surface area contributed by atoms with Crippen LogP contribution >= 0.6 is 0 Å². The standard InChI is InChI=1S/C11H21NO3/c1-15-11(14)10-5-7-12(9-10)6-3-2-4-8-13/h10,13H,2-9H2,1H3. The highest BCUT2D eigenvalue weighted by Gasteiger charge is 2.28. The smallest absolute Gasteiger partial charge is 0.310 e. The van der Waals surface area contributed by atoms with E-state index >= 15 is 0 Å². The Morgan fingerprint density at radius 1 is 1.47 bits per heavy atom. The van der Waals surface area contributed by atoms with Crippen molar-refractivity contribution in [2.24, 2.45) is 5.92 Å². The molecule has 4 nitrogen and oxygen atoms in total. The van der Waals surface area contributed by atoms with E-state index < -0.39 is 0 Å². The number of carbonyl (C=O) groups is 1. The average Bonchev–Trinajstić information content (AvgIpc) is 2.72. The van der Waals surface area contributed by atoms with Crippen molar-refractivity contribution >= 4 is 5.97 Å². The van der Waals surface area contributed by atoms with Crippen molar-refractivity contribution in [1.29, 1.82) is 0 Å². The fourth-order valence-corrected chi connectivity index (χ4v) is 2.02. The first-order valence-electron chi connectivity index (χ1n) is 5.69. The van der Waals surface area contributed by atoms with Crippen LogP contribution in [0.5, 0.6) is 0 Å². The number of ether oxygens (including phenoxy) is 1. The van der Waals surface area contributed by atoms with Crippen LogP contribution in [0.1, 0.15) is 25.7 Å². The lowest BCUT2D eigenvalue weighted by Crippen LogP contribution is -2.24. The predicted molar refractivity (Wildman–Crippen MR) is 57.5 cm³/mol. The lowest BCUT2D eigenvalue weighted by Gasteiger charge is -2.14. The lowest BCUT2D eigenvalue weighted by atomic mass is 10.1. The van der Waals surface area contributed by atoms with E-state index in [4.69, 9.17) is 9.84 Å². The molecule has 0 aromatic heterocycles. The summed E-state index contributed by atoms with van der Waals surface area (Å²) in [4.78, 5) is 13.6. The maximum absolute atomic E-state index is 11.3. The fraction of sp³-hybridized carbons (Fsp3) is 0.909. The monoisotopic (exact) mass is 215 g/mol. The Labute approximate surface area is 91.2 Å². The van der Waals surface area contributed by atoms with Gasteiger partial charge in [-0.1, -0.05) is 0 Å². The number of aliphatic hydroxyl groups excluding tert-OH is 1. The second-order valence-electron chi connectivity index (χ2n) is 4.09. The Hall–Kier alpha value is -0.610. The Bertz CT molecular complexity index is 196. The summed E-state index contributed by atoms with van der Waals surface area (Å²) in [7, 11) is 1.45. The van der Waals surface area contributed by atoms with Crippen LogP contribution < -0.4 is 0 Å². The number of unbranched alkanes of at least 4 members (excludes halogenated alkanes) is 2. The number of esters is 1. The van der Waals surface area contributed by atoms with E-state index in [0.29, 0.717) is 0 Å². The largest absolute Gasteiger partial charge is 0.469 e. The zero-order valence-electron chi connectivity index (χ0n) is 9.45. The van der Waals surface area contributed by atoms with E-state index in [2.05, 4.69) is 4.90 Å². The third-order valence-corrected chi connectivity index (χ3v) is 2.94. The number of hydrogen-bond donors (Lipinski definition) is 1. The van der Waals surface area contributed by atoms with Gasteiger partial charge >= 0.3 is 5.97 Å². The molecule has 88 valence electrons. The van der Waals surface area contributed by atoms with Crippen molar-refractivity contribution in [1.82, 2.24) is 4.90 Å². The van der Waals surface area contributed by atoms with Crippen LogP contribution in [0.4, 0.5) is 0 Å².